The smallest absolute Gasteiger partial charge is 0.340 e. The first-order valence-electron chi connectivity index (χ1n) is 5.22. The molecule has 0 aromatic heterocycles. The highest BCUT2D eigenvalue weighted by Gasteiger charge is 2.20. The number of anilines is 1. The maximum absolute atomic E-state index is 13.5. The normalized spacial score (nSPS) is 12.2. The lowest BCUT2D eigenvalue weighted by molar-refractivity contribution is 0.0692. The van der Waals surface area contributed by atoms with Crippen molar-refractivity contribution in [3.8, 4) is 0 Å². The number of benzene rings is 1. The van der Waals surface area contributed by atoms with Crippen LogP contribution < -0.4 is 4.90 Å². The van der Waals surface area contributed by atoms with E-state index in [-0.39, 0.29) is 11.6 Å². The van der Waals surface area contributed by atoms with Gasteiger partial charge in [-0.15, -0.1) is 0 Å². The minimum Gasteiger partial charge on any atom is -0.478 e. The molecule has 1 aromatic carbocycles. The fraction of sp³-hybridized carbons (Fsp3) is 0.417. The van der Waals surface area contributed by atoms with E-state index in [0.29, 0.717) is 12.3 Å². The molecular formula is C12H16FNO3. The lowest BCUT2D eigenvalue weighted by Gasteiger charge is -2.27. The van der Waals surface area contributed by atoms with Crippen molar-refractivity contribution in [1.82, 2.24) is 0 Å². The van der Waals surface area contributed by atoms with Crippen molar-refractivity contribution < 1.29 is 19.0 Å². The van der Waals surface area contributed by atoms with E-state index in [1.165, 1.54) is 6.07 Å². The van der Waals surface area contributed by atoms with Gasteiger partial charge >= 0.3 is 5.97 Å². The molecule has 1 atom stereocenters. The molecule has 1 rings (SSSR count). The molecule has 0 bridgehead atoms. The molecule has 4 nitrogen and oxygen atoms in total. The number of ether oxygens (including phenoxy) is 1. The number of likely N-dealkylation sites (N-methyl/N-ethyl adjacent to an activating group) is 1. The van der Waals surface area contributed by atoms with Crippen LogP contribution in [0.15, 0.2) is 18.2 Å². The van der Waals surface area contributed by atoms with E-state index in [1.54, 1.807) is 25.1 Å². The molecule has 0 aliphatic heterocycles. The topological polar surface area (TPSA) is 49.8 Å². The number of rotatable bonds is 5. The average Bonchev–Trinajstić information content (AvgIpc) is 2.27. The third-order valence-corrected chi connectivity index (χ3v) is 2.65. The summed E-state index contributed by atoms with van der Waals surface area (Å²) in [6.07, 6.45) is 0. The summed E-state index contributed by atoms with van der Waals surface area (Å²) in [4.78, 5) is 12.7. The molecule has 0 aliphatic rings. The van der Waals surface area contributed by atoms with Crippen molar-refractivity contribution in [2.45, 2.75) is 13.0 Å². The van der Waals surface area contributed by atoms with Crippen molar-refractivity contribution in [3.05, 3.63) is 29.6 Å². The van der Waals surface area contributed by atoms with E-state index in [2.05, 4.69) is 0 Å². The zero-order chi connectivity index (χ0) is 13.0. The molecule has 0 heterocycles. The quantitative estimate of drug-likeness (QED) is 0.856. The molecule has 0 spiro atoms. The Morgan fingerprint density at radius 2 is 2.24 bits per heavy atom. The first-order chi connectivity index (χ1) is 7.99. The maximum Gasteiger partial charge on any atom is 0.340 e. The third kappa shape index (κ3) is 2.94. The Kier molecular flexibility index (Phi) is 4.45. The lowest BCUT2D eigenvalue weighted by atomic mass is 10.1. The number of nitrogens with zero attached hydrogens (tertiary/aromatic N) is 1. The fourth-order valence-corrected chi connectivity index (χ4v) is 1.61. The van der Waals surface area contributed by atoms with Crippen molar-refractivity contribution in [2.75, 3.05) is 25.7 Å². The molecule has 0 fully saturated rings. The average molecular weight is 241 g/mol. The van der Waals surface area contributed by atoms with Crippen molar-refractivity contribution >= 4 is 11.7 Å². The molecular weight excluding hydrogens is 225 g/mol. The third-order valence-electron chi connectivity index (χ3n) is 2.65. The molecule has 0 saturated heterocycles. The largest absolute Gasteiger partial charge is 0.478 e. The number of carbonyl (C=O) groups is 1. The van der Waals surface area contributed by atoms with Gasteiger partial charge in [0.25, 0.3) is 0 Å². The second kappa shape index (κ2) is 5.63. The van der Waals surface area contributed by atoms with Crippen LogP contribution in [0.1, 0.15) is 17.3 Å². The number of hydrogen-bond donors (Lipinski definition) is 1. The summed E-state index contributed by atoms with van der Waals surface area (Å²) < 4.78 is 18.5. The van der Waals surface area contributed by atoms with Gasteiger partial charge in [0.2, 0.25) is 0 Å². The van der Waals surface area contributed by atoms with Gasteiger partial charge in [-0.2, -0.15) is 0 Å². The predicted octanol–water partition coefficient (Wildman–Crippen LogP) is 2.00. The molecule has 5 heteroatoms. The fourth-order valence-electron chi connectivity index (χ4n) is 1.61. The van der Waals surface area contributed by atoms with Crippen LogP contribution in [0.25, 0.3) is 0 Å². The number of methoxy groups -OCH3 is 1. The Balaban J connectivity index is 3.13. The standard InChI is InChI=1S/C12H16FNO3/c1-8(7-17-3)14(2)10-6-4-5-9(13)11(10)12(15)16/h4-6,8H,7H2,1-3H3,(H,15,16). The second-order valence-corrected chi connectivity index (χ2v) is 3.85. The summed E-state index contributed by atoms with van der Waals surface area (Å²) in [5, 5.41) is 9.01. The Hall–Kier alpha value is -1.62. The highest BCUT2D eigenvalue weighted by atomic mass is 19.1. The number of aromatic carboxylic acids is 1. The van der Waals surface area contributed by atoms with Gasteiger partial charge in [-0.1, -0.05) is 6.07 Å². The van der Waals surface area contributed by atoms with Gasteiger partial charge in [0.15, 0.2) is 0 Å². The summed E-state index contributed by atoms with van der Waals surface area (Å²) in [6, 6.07) is 4.17. The van der Waals surface area contributed by atoms with Crippen molar-refractivity contribution in [3.63, 3.8) is 0 Å². The minimum atomic E-state index is -1.27. The van der Waals surface area contributed by atoms with Crippen LogP contribution in [0.5, 0.6) is 0 Å². The van der Waals surface area contributed by atoms with E-state index < -0.39 is 11.8 Å². The van der Waals surface area contributed by atoms with Crippen LogP contribution in [0.4, 0.5) is 10.1 Å². The van der Waals surface area contributed by atoms with E-state index in [1.807, 2.05) is 6.92 Å². The Morgan fingerprint density at radius 1 is 1.59 bits per heavy atom. The summed E-state index contributed by atoms with van der Waals surface area (Å²) in [7, 11) is 3.28. The highest BCUT2D eigenvalue weighted by molar-refractivity contribution is 5.94. The molecule has 94 valence electrons. The van der Waals surface area contributed by atoms with Crippen molar-refractivity contribution in [2.24, 2.45) is 0 Å². The molecule has 0 amide bonds. The Labute approximate surface area is 99.6 Å². The summed E-state index contributed by atoms with van der Waals surface area (Å²) in [5.74, 6) is -2.00. The van der Waals surface area contributed by atoms with E-state index in [0.717, 1.165) is 6.07 Å². The van der Waals surface area contributed by atoms with Gasteiger partial charge in [0, 0.05) is 20.2 Å². The van der Waals surface area contributed by atoms with Crippen LogP contribution >= 0.6 is 0 Å². The Bertz CT molecular complexity index is 409. The maximum atomic E-state index is 13.5. The van der Waals surface area contributed by atoms with Gasteiger partial charge < -0.3 is 14.7 Å². The lowest BCUT2D eigenvalue weighted by Crippen LogP contribution is -2.33. The molecule has 0 radical (unpaired) electrons. The van der Waals surface area contributed by atoms with Gasteiger partial charge in [-0.05, 0) is 19.1 Å². The number of halogens is 1. The summed E-state index contributed by atoms with van der Waals surface area (Å²) in [5.41, 5.74) is 0.0417. The minimum absolute atomic E-state index is 0.0418. The monoisotopic (exact) mass is 241 g/mol. The summed E-state index contributed by atoms with van der Waals surface area (Å²) in [6.45, 7) is 2.31. The number of carboxylic acid groups (broad SMARTS) is 1. The van der Waals surface area contributed by atoms with Crippen LogP contribution in [0.3, 0.4) is 0 Å². The van der Waals surface area contributed by atoms with Crippen molar-refractivity contribution in [1.29, 1.82) is 0 Å². The first kappa shape index (κ1) is 13.4. The number of carboxylic acids is 1. The zero-order valence-corrected chi connectivity index (χ0v) is 10.1. The van der Waals surface area contributed by atoms with Crippen LogP contribution in [-0.2, 0) is 4.74 Å². The first-order valence-corrected chi connectivity index (χ1v) is 5.22. The Morgan fingerprint density at radius 3 is 2.76 bits per heavy atom. The SMILES string of the molecule is COCC(C)N(C)c1cccc(F)c1C(=O)O. The molecule has 1 N–H and O–H groups in total. The molecule has 0 aliphatic carbocycles. The van der Waals surface area contributed by atoms with Gasteiger partial charge in [-0.25, -0.2) is 9.18 Å². The van der Waals surface area contributed by atoms with Gasteiger partial charge in [0.1, 0.15) is 11.4 Å². The van der Waals surface area contributed by atoms with Gasteiger partial charge in [-0.3, -0.25) is 0 Å². The predicted molar refractivity (Wildman–Crippen MR) is 63.1 cm³/mol. The highest BCUT2D eigenvalue weighted by Crippen LogP contribution is 2.23. The van der Waals surface area contributed by atoms with Crippen LogP contribution in [0, 0.1) is 5.82 Å². The van der Waals surface area contributed by atoms with E-state index in [9.17, 15) is 9.18 Å². The molecule has 17 heavy (non-hydrogen) atoms. The number of hydrogen-bond acceptors (Lipinski definition) is 3. The molecule has 0 saturated carbocycles. The van der Waals surface area contributed by atoms with Crippen LogP contribution in [0.2, 0.25) is 0 Å². The van der Waals surface area contributed by atoms with Crippen LogP contribution in [-0.4, -0.2) is 37.9 Å². The second-order valence-electron chi connectivity index (χ2n) is 3.85. The van der Waals surface area contributed by atoms with Gasteiger partial charge in [0.05, 0.1) is 12.3 Å². The molecule has 1 aromatic rings. The summed E-state index contributed by atoms with van der Waals surface area (Å²) >= 11 is 0. The van der Waals surface area contributed by atoms with E-state index in [4.69, 9.17) is 9.84 Å². The van der Waals surface area contributed by atoms with E-state index >= 15 is 0 Å². The molecule has 1 unspecified atom stereocenters. The zero-order valence-electron chi connectivity index (χ0n) is 10.1.